The average molecular weight is 324 g/mol. The number of benzene rings is 4. The zero-order valence-electron chi connectivity index (χ0n) is 13.8. The summed E-state index contributed by atoms with van der Waals surface area (Å²) in [4.78, 5) is 12.5. The molecule has 0 aromatic heterocycles. The van der Waals surface area contributed by atoms with Crippen molar-refractivity contribution in [3.8, 4) is 11.5 Å². The molecule has 0 amide bonds. The molecule has 0 saturated heterocycles. The molecule has 0 radical (unpaired) electrons. The van der Waals surface area contributed by atoms with Gasteiger partial charge < -0.3 is 4.74 Å². The second kappa shape index (κ2) is 5.18. The maximum atomic E-state index is 12.5. The summed E-state index contributed by atoms with van der Waals surface area (Å²) >= 11 is 0. The normalized spacial score (nSPS) is 13.3. The zero-order valence-corrected chi connectivity index (χ0v) is 13.8. The lowest BCUT2D eigenvalue weighted by Crippen LogP contribution is -2.17. The van der Waals surface area contributed by atoms with Crippen molar-refractivity contribution in [1.29, 1.82) is 0 Å². The minimum Gasteiger partial charge on any atom is -0.455 e. The predicted octanol–water partition coefficient (Wildman–Crippen LogP) is 5.82. The molecule has 0 bridgehead atoms. The number of fused-ring (bicyclic) bond motifs is 6. The van der Waals surface area contributed by atoms with Gasteiger partial charge in [0.1, 0.15) is 17.3 Å². The first-order valence-corrected chi connectivity index (χ1v) is 8.45. The Morgan fingerprint density at radius 2 is 1.20 bits per heavy atom. The van der Waals surface area contributed by atoms with E-state index in [9.17, 15) is 4.79 Å². The lowest BCUT2D eigenvalue weighted by molar-refractivity contribution is -0.117. The summed E-state index contributed by atoms with van der Waals surface area (Å²) in [7, 11) is 0. The lowest BCUT2D eigenvalue weighted by Gasteiger charge is -2.28. The summed E-state index contributed by atoms with van der Waals surface area (Å²) in [6.07, 6.45) is 0. The molecular formula is C23H16O2. The Kier molecular flexibility index (Phi) is 2.95. The van der Waals surface area contributed by atoms with Gasteiger partial charge in [-0.1, -0.05) is 72.8 Å². The summed E-state index contributed by atoms with van der Waals surface area (Å²) in [6, 6.07) is 24.5. The van der Waals surface area contributed by atoms with Crippen LogP contribution >= 0.6 is 0 Å². The number of ether oxygens (including phenoxy) is 1. The van der Waals surface area contributed by atoms with Crippen LogP contribution in [-0.2, 0) is 4.79 Å². The van der Waals surface area contributed by atoms with Crippen molar-refractivity contribution in [2.45, 2.75) is 12.8 Å². The first-order valence-electron chi connectivity index (χ1n) is 8.45. The second-order valence-electron chi connectivity index (χ2n) is 6.56. The van der Waals surface area contributed by atoms with Gasteiger partial charge in [-0.2, -0.15) is 0 Å². The van der Waals surface area contributed by atoms with E-state index in [1.807, 2.05) is 36.4 Å². The van der Waals surface area contributed by atoms with Crippen molar-refractivity contribution >= 4 is 27.3 Å². The van der Waals surface area contributed by atoms with Crippen LogP contribution < -0.4 is 4.74 Å². The fourth-order valence-electron chi connectivity index (χ4n) is 3.91. The van der Waals surface area contributed by atoms with Crippen molar-refractivity contribution in [2.24, 2.45) is 0 Å². The van der Waals surface area contributed by atoms with E-state index in [1.165, 1.54) is 0 Å². The van der Waals surface area contributed by atoms with Gasteiger partial charge in [0.25, 0.3) is 0 Å². The van der Waals surface area contributed by atoms with E-state index in [-0.39, 0.29) is 11.7 Å². The van der Waals surface area contributed by atoms with E-state index in [2.05, 4.69) is 36.4 Å². The van der Waals surface area contributed by atoms with Crippen LogP contribution in [0.4, 0.5) is 0 Å². The minimum absolute atomic E-state index is 0.136. The minimum atomic E-state index is -0.284. The van der Waals surface area contributed by atoms with E-state index in [0.29, 0.717) is 0 Å². The molecule has 2 heteroatoms. The van der Waals surface area contributed by atoms with E-state index < -0.39 is 0 Å². The molecule has 0 saturated carbocycles. The van der Waals surface area contributed by atoms with Crippen LogP contribution in [0.3, 0.4) is 0 Å². The molecule has 4 aromatic rings. The lowest BCUT2D eigenvalue weighted by atomic mass is 9.83. The summed E-state index contributed by atoms with van der Waals surface area (Å²) in [6.45, 7) is 1.66. The van der Waals surface area contributed by atoms with Gasteiger partial charge in [0.15, 0.2) is 0 Å². The summed E-state index contributed by atoms with van der Waals surface area (Å²) in [5, 5.41) is 4.33. The van der Waals surface area contributed by atoms with Gasteiger partial charge in [0.2, 0.25) is 0 Å². The largest absolute Gasteiger partial charge is 0.455 e. The van der Waals surface area contributed by atoms with Crippen LogP contribution in [0, 0.1) is 0 Å². The molecule has 4 aromatic carbocycles. The van der Waals surface area contributed by atoms with Crippen LogP contribution in [0.15, 0.2) is 72.8 Å². The second-order valence-corrected chi connectivity index (χ2v) is 6.56. The Hall–Kier alpha value is -3.13. The maximum absolute atomic E-state index is 12.5. The van der Waals surface area contributed by atoms with Crippen LogP contribution in [0.25, 0.3) is 21.5 Å². The third-order valence-electron chi connectivity index (χ3n) is 5.05. The van der Waals surface area contributed by atoms with E-state index in [4.69, 9.17) is 4.74 Å². The highest BCUT2D eigenvalue weighted by Gasteiger charge is 2.32. The van der Waals surface area contributed by atoms with Gasteiger partial charge in [0.05, 0.1) is 5.92 Å². The molecule has 0 spiro atoms. The molecule has 0 N–H and O–H groups in total. The monoisotopic (exact) mass is 324 g/mol. The third kappa shape index (κ3) is 2.01. The van der Waals surface area contributed by atoms with Crippen LogP contribution in [-0.4, -0.2) is 5.78 Å². The van der Waals surface area contributed by atoms with Gasteiger partial charge in [-0.05, 0) is 17.7 Å². The van der Waals surface area contributed by atoms with Crippen LogP contribution in [0.2, 0.25) is 0 Å². The van der Waals surface area contributed by atoms with Crippen molar-refractivity contribution < 1.29 is 9.53 Å². The van der Waals surface area contributed by atoms with Crippen LogP contribution in [0.5, 0.6) is 11.5 Å². The fraction of sp³-hybridized carbons (Fsp3) is 0.0870. The highest BCUT2D eigenvalue weighted by Crippen LogP contribution is 2.49. The molecule has 0 fully saturated rings. The van der Waals surface area contributed by atoms with E-state index >= 15 is 0 Å². The Labute approximate surface area is 145 Å². The molecule has 25 heavy (non-hydrogen) atoms. The molecule has 0 aliphatic carbocycles. The first kappa shape index (κ1) is 14.2. The summed E-state index contributed by atoms with van der Waals surface area (Å²) < 4.78 is 6.43. The van der Waals surface area contributed by atoms with Crippen molar-refractivity contribution in [3.05, 3.63) is 83.9 Å². The number of carbonyl (C=O) groups excluding carboxylic acids is 1. The molecule has 2 nitrogen and oxygen atoms in total. The predicted molar refractivity (Wildman–Crippen MR) is 100 cm³/mol. The van der Waals surface area contributed by atoms with E-state index in [0.717, 1.165) is 44.2 Å². The van der Waals surface area contributed by atoms with Gasteiger partial charge in [-0.15, -0.1) is 0 Å². The first-order chi connectivity index (χ1) is 12.2. The van der Waals surface area contributed by atoms with Crippen LogP contribution in [0.1, 0.15) is 24.0 Å². The Bertz CT molecular complexity index is 1070. The molecule has 0 atom stereocenters. The Morgan fingerprint density at radius 3 is 1.68 bits per heavy atom. The fourth-order valence-corrected chi connectivity index (χ4v) is 3.91. The highest BCUT2D eigenvalue weighted by molar-refractivity contribution is 6.00. The smallest absolute Gasteiger partial charge is 0.141 e. The Balaban J connectivity index is 1.88. The molecule has 1 heterocycles. The number of Topliss-reactive ketones (excluding diaryl/α,β-unsaturated/α-hetero) is 1. The summed E-state index contributed by atoms with van der Waals surface area (Å²) in [5.74, 6) is 1.47. The standard InChI is InChI=1S/C23H16O2/c1-14(24)21-19-12-10-15-6-2-4-8-17(15)22(19)25-23-18-9-5-3-7-16(18)11-13-20(21)23/h2-13,21H,1H3. The number of carbonyl (C=O) groups is 1. The van der Waals surface area contributed by atoms with Crippen molar-refractivity contribution in [3.63, 3.8) is 0 Å². The summed E-state index contributed by atoms with van der Waals surface area (Å²) in [5.41, 5.74) is 1.91. The van der Waals surface area contributed by atoms with Gasteiger partial charge in [-0.25, -0.2) is 0 Å². The quantitative estimate of drug-likeness (QED) is 0.441. The van der Waals surface area contributed by atoms with Crippen molar-refractivity contribution in [2.75, 3.05) is 0 Å². The molecular weight excluding hydrogens is 308 g/mol. The van der Waals surface area contributed by atoms with Gasteiger partial charge >= 0.3 is 0 Å². The Morgan fingerprint density at radius 1 is 0.720 bits per heavy atom. The third-order valence-corrected chi connectivity index (χ3v) is 5.05. The van der Waals surface area contributed by atoms with Gasteiger partial charge in [0, 0.05) is 21.9 Å². The topological polar surface area (TPSA) is 26.3 Å². The molecule has 120 valence electrons. The average Bonchev–Trinajstić information content (AvgIpc) is 2.65. The molecule has 0 unspecified atom stereocenters. The van der Waals surface area contributed by atoms with Gasteiger partial charge in [-0.3, -0.25) is 4.79 Å². The SMILES string of the molecule is CC(=O)C1c2ccc3ccccc3c2Oc2c1ccc1ccccc21. The zero-order chi connectivity index (χ0) is 17.0. The van der Waals surface area contributed by atoms with Crippen molar-refractivity contribution in [1.82, 2.24) is 0 Å². The number of rotatable bonds is 1. The number of hydrogen-bond donors (Lipinski definition) is 0. The molecule has 1 aliphatic rings. The maximum Gasteiger partial charge on any atom is 0.141 e. The molecule has 1 aliphatic heterocycles. The number of ketones is 1. The van der Waals surface area contributed by atoms with E-state index in [1.54, 1.807) is 6.92 Å². The highest BCUT2D eigenvalue weighted by atomic mass is 16.5. The number of hydrogen-bond acceptors (Lipinski definition) is 2. The molecule has 5 rings (SSSR count).